The van der Waals surface area contributed by atoms with Crippen LogP contribution in [0.1, 0.15) is 38.3 Å². The Morgan fingerprint density at radius 3 is 2.65 bits per heavy atom. The number of likely N-dealkylation sites (tertiary alicyclic amines) is 1. The summed E-state index contributed by atoms with van der Waals surface area (Å²) in [5, 5.41) is 6.11. The summed E-state index contributed by atoms with van der Waals surface area (Å²) in [5.74, 6) is 1.27. The molecule has 2 unspecified atom stereocenters. The maximum absolute atomic E-state index is 12.6. The minimum absolute atomic E-state index is 0.0281. The lowest BCUT2D eigenvalue weighted by Crippen LogP contribution is -2.40. The van der Waals surface area contributed by atoms with Gasteiger partial charge in [0.25, 0.3) is 0 Å². The third-order valence-corrected chi connectivity index (χ3v) is 5.54. The summed E-state index contributed by atoms with van der Waals surface area (Å²) >= 11 is 0. The molecule has 1 aromatic carbocycles. The van der Waals surface area contributed by atoms with E-state index in [9.17, 15) is 9.59 Å². The van der Waals surface area contributed by atoms with Gasteiger partial charge >= 0.3 is 0 Å². The summed E-state index contributed by atoms with van der Waals surface area (Å²) in [6, 6.07) is 7.82. The molecule has 6 nitrogen and oxygen atoms in total. The van der Waals surface area contributed by atoms with Crippen LogP contribution >= 0.6 is 0 Å². The summed E-state index contributed by atoms with van der Waals surface area (Å²) in [5.41, 5.74) is 1.11. The van der Waals surface area contributed by atoms with E-state index in [0.717, 1.165) is 37.4 Å². The van der Waals surface area contributed by atoms with Crippen molar-refractivity contribution in [2.45, 2.75) is 32.7 Å². The van der Waals surface area contributed by atoms with Gasteiger partial charge in [-0.1, -0.05) is 26.0 Å². The van der Waals surface area contributed by atoms with Crippen molar-refractivity contribution >= 4 is 11.8 Å². The summed E-state index contributed by atoms with van der Waals surface area (Å²) < 4.78 is 5.21. The van der Waals surface area contributed by atoms with Crippen LogP contribution in [0.25, 0.3) is 0 Å². The molecule has 0 bridgehead atoms. The standard InChI is InChI=1S/C20H29N3O3/c1-14(2)19(15-4-6-16(26-3)7-5-15)22-18(25)11-23-9-8-20(13-23)10-17(24)21-12-20/h4-7,14,19H,8-13H2,1-3H3,(H,21,24)(H,22,25). The zero-order valence-corrected chi connectivity index (χ0v) is 15.9. The first-order valence-electron chi connectivity index (χ1n) is 9.33. The van der Waals surface area contributed by atoms with Crippen molar-refractivity contribution in [3.05, 3.63) is 29.8 Å². The Hall–Kier alpha value is -2.08. The average molecular weight is 359 g/mol. The molecule has 6 heteroatoms. The van der Waals surface area contributed by atoms with Gasteiger partial charge in [0.1, 0.15) is 5.75 Å². The van der Waals surface area contributed by atoms with Gasteiger partial charge in [0.15, 0.2) is 0 Å². The Kier molecular flexibility index (Phi) is 5.51. The number of hydrogen-bond acceptors (Lipinski definition) is 4. The Morgan fingerprint density at radius 2 is 2.08 bits per heavy atom. The van der Waals surface area contributed by atoms with Gasteiger partial charge in [0, 0.05) is 24.9 Å². The average Bonchev–Trinajstić information content (AvgIpc) is 3.18. The highest BCUT2D eigenvalue weighted by Gasteiger charge is 2.44. The van der Waals surface area contributed by atoms with Crippen LogP contribution in [0.15, 0.2) is 24.3 Å². The van der Waals surface area contributed by atoms with Crippen molar-refractivity contribution in [2.75, 3.05) is 33.3 Å². The van der Waals surface area contributed by atoms with E-state index in [1.807, 2.05) is 24.3 Å². The first-order chi connectivity index (χ1) is 12.4. The van der Waals surface area contributed by atoms with Crippen LogP contribution < -0.4 is 15.4 Å². The lowest BCUT2D eigenvalue weighted by Gasteiger charge is -2.25. The number of amides is 2. The molecule has 2 aliphatic rings. The van der Waals surface area contributed by atoms with Gasteiger partial charge in [-0.3, -0.25) is 14.5 Å². The predicted molar refractivity (Wildman–Crippen MR) is 99.8 cm³/mol. The SMILES string of the molecule is COc1ccc(C(NC(=O)CN2CCC3(CNC(=O)C3)C2)C(C)C)cc1. The predicted octanol–water partition coefficient (Wildman–Crippen LogP) is 1.72. The van der Waals surface area contributed by atoms with Crippen LogP contribution in [0.5, 0.6) is 5.75 Å². The van der Waals surface area contributed by atoms with E-state index in [-0.39, 0.29) is 29.2 Å². The third-order valence-electron chi connectivity index (χ3n) is 5.54. The normalized spacial score (nSPS) is 24.1. The number of ether oxygens (including phenoxy) is 1. The Bertz CT molecular complexity index is 659. The van der Waals surface area contributed by atoms with Crippen LogP contribution in [0.4, 0.5) is 0 Å². The van der Waals surface area contributed by atoms with Crippen LogP contribution in [0.3, 0.4) is 0 Å². The van der Waals surface area contributed by atoms with Crippen LogP contribution in [0, 0.1) is 11.3 Å². The van der Waals surface area contributed by atoms with Gasteiger partial charge in [-0.2, -0.15) is 0 Å². The molecule has 0 saturated carbocycles. The molecular weight excluding hydrogens is 330 g/mol. The van der Waals surface area contributed by atoms with Gasteiger partial charge < -0.3 is 15.4 Å². The lowest BCUT2D eigenvalue weighted by molar-refractivity contribution is -0.123. The number of benzene rings is 1. The molecule has 0 aliphatic carbocycles. The second-order valence-corrected chi connectivity index (χ2v) is 7.98. The Labute approximate surface area is 155 Å². The summed E-state index contributed by atoms with van der Waals surface area (Å²) in [7, 11) is 1.65. The fraction of sp³-hybridized carbons (Fsp3) is 0.600. The smallest absolute Gasteiger partial charge is 0.234 e. The fourth-order valence-corrected chi connectivity index (χ4v) is 4.07. The van der Waals surface area contributed by atoms with Crippen molar-refractivity contribution in [2.24, 2.45) is 11.3 Å². The monoisotopic (exact) mass is 359 g/mol. The van der Waals surface area contributed by atoms with Crippen molar-refractivity contribution in [1.29, 1.82) is 0 Å². The number of rotatable bonds is 6. The molecule has 3 rings (SSSR count). The number of nitrogens with one attached hydrogen (secondary N) is 2. The van der Waals surface area contributed by atoms with Gasteiger partial charge in [-0.15, -0.1) is 0 Å². The van der Waals surface area contributed by atoms with E-state index in [0.29, 0.717) is 13.0 Å². The molecule has 1 aromatic rings. The highest BCUT2D eigenvalue weighted by atomic mass is 16.5. The largest absolute Gasteiger partial charge is 0.497 e. The van der Waals surface area contributed by atoms with Gasteiger partial charge in [-0.05, 0) is 36.6 Å². The van der Waals surface area contributed by atoms with E-state index in [1.165, 1.54) is 0 Å². The molecule has 0 aromatic heterocycles. The summed E-state index contributed by atoms with van der Waals surface area (Å²) in [4.78, 5) is 26.3. The molecule has 2 aliphatic heterocycles. The van der Waals surface area contributed by atoms with Gasteiger partial charge in [0.2, 0.25) is 11.8 Å². The minimum atomic E-state index is -0.0281. The molecule has 2 saturated heterocycles. The van der Waals surface area contributed by atoms with Crippen LogP contribution in [-0.4, -0.2) is 50.0 Å². The number of carbonyl (C=O) groups excluding carboxylic acids is 2. The van der Waals surface area contributed by atoms with Crippen molar-refractivity contribution in [1.82, 2.24) is 15.5 Å². The van der Waals surface area contributed by atoms with Crippen LogP contribution in [-0.2, 0) is 9.59 Å². The van der Waals surface area contributed by atoms with Crippen molar-refractivity contribution < 1.29 is 14.3 Å². The summed E-state index contributed by atoms with van der Waals surface area (Å²) in [6.45, 7) is 7.02. The zero-order valence-electron chi connectivity index (χ0n) is 15.9. The molecule has 2 amide bonds. The van der Waals surface area contributed by atoms with Crippen molar-refractivity contribution in [3.8, 4) is 5.75 Å². The Balaban J connectivity index is 1.57. The molecule has 26 heavy (non-hydrogen) atoms. The van der Waals surface area contributed by atoms with Gasteiger partial charge in [0.05, 0.1) is 19.7 Å². The Morgan fingerprint density at radius 1 is 1.35 bits per heavy atom. The van der Waals surface area contributed by atoms with Crippen molar-refractivity contribution in [3.63, 3.8) is 0 Å². The van der Waals surface area contributed by atoms with E-state index < -0.39 is 0 Å². The molecule has 2 atom stereocenters. The van der Waals surface area contributed by atoms with Gasteiger partial charge in [-0.25, -0.2) is 0 Å². The minimum Gasteiger partial charge on any atom is -0.497 e. The maximum Gasteiger partial charge on any atom is 0.234 e. The number of nitrogens with zero attached hydrogens (tertiary/aromatic N) is 1. The molecule has 0 radical (unpaired) electrons. The molecule has 142 valence electrons. The fourth-order valence-electron chi connectivity index (χ4n) is 4.07. The van der Waals surface area contributed by atoms with E-state index in [2.05, 4.69) is 29.4 Å². The van der Waals surface area contributed by atoms with E-state index >= 15 is 0 Å². The topological polar surface area (TPSA) is 70.7 Å². The zero-order chi connectivity index (χ0) is 18.7. The van der Waals surface area contributed by atoms with Crippen LogP contribution in [0.2, 0.25) is 0 Å². The first kappa shape index (κ1) is 18.7. The second-order valence-electron chi connectivity index (χ2n) is 7.98. The molecule has 2 fully saturated rings. The van der Waals surface area contributed by atoms with E-state index in [1.54, 1.807) is 7.11 Å². The molecule has 2 heterocycles. The lowest BCUT2D eigenvalue weighted by atomic mass is 9.86. The highest BCUT2D eigenvalue weighted by molar-refractivity contribution is 5.80. The quantitative estimate of drug-likeness (QED) is 0.811. The second kappa shape index (κ2) is 7.66. The highest BCUT2D eigenvalue weighted by Crippen LogP contribution is 2.36. The number of hydrogen-bond donors (Lipinski definition) is 2. The number of carbonyl (C=O) groups is 2. The third kappa shape index (κ3) is 4.18. The number of methoxy groups -OCH3 is 1. The maximum atomic E-state index is 12.6. The van der Waals surface area contributed by atoms with E-state index in [4.69, 9.17) is 4.74 Å². The molecule has 1 spiro atoms. The summed E-state index contributed by atoms with van der Waals surface area (Å²) in [6.07, 6.45) is 1.57. The molecular formula is C20H29N3O3. The first-order valence-corrected chi connectivity index (χ1v) is 9.33. The molecule has 2 N–H and O–H groups in total.